The first-order valence-electron chi connectivity index (χ1n) is 4.58. The van der Waals surface area contributed by atoms with E-state index in [0.29, 0.717) is 0 Å². The van der Waals surface area contributed by atoms with E-state index in [4.69, 9.17) is 4.52 Å². The van der Waals surface area contributed by atoms with Crippen molar-refractivity contribution in [1.29, 1.82) is 0 Å². The third kappa shape index (κ3) is 1.73. The van der Waals surface area contributed by atoms with E-state index in [-0.39, 0.29) is 5.41 Å². The zero-order valence-electron chi connectivity index (χ0n) is 8.57. The molecule has 0 amide bonds. The van der Waals surface area contributed by atoms with Crippen molar-refractivity contribution in [2.45, 2.75) is 26.2 Å². The van der Waals surface area contributed by atoms with E-state index in [9.17, 15) is 0 Å². The van der Waals surface area contributed by atoms with Gasteiger partial charge in [0.2, 0.25) is 0 Å². The van der Waals surface area contributed by atoms with Gasteiger partial charge >= 0.3 is 0 Å². The minimum Gasteiger partial charge on any atom is -0.364 e. The first-order valence-corrected chi connectivity index (χ1v) is 5.40. The molecule has 0 atom stereocenters. The van der Waals surface area contributed by atoms with Gasteiger partial charge < -0.3 is 4.52 Å². The summed E-state index contributed by atoms with van der Waals surface area (Å²) in [4.78, 5) is 2.54. The summed E-state index contributed by atoms with van der Waals surface area (Å²) in [5.74, 6) is 0. The Bertz CT molecular complexity index is 409. The molecular formula is C11H13NOS. The first-order chi connectivity index (χ1) is 6.57. The van der Waals surface area contributed by atoms with Crippen LogP contribution in [0.3, 0.4) is 0 Å². The molecule has 0 spiro atoms. The van der Waals surface area contributed by atoms with Gasteiger partial charge in [-0.05, 0) is 17.5 Å². The Balaban J connectivity index is 2.36. The molecule has 0 N–H and O–H groups in total. The van der Waals surface area contributed by atoms with Crippen LogP contribution >= 0.6 is 11.3 Å². The summed E-state index contributed by atoms with van der Waals surface area (Å²) in [5.41, 5.74) is 1.14. The summed E-state index contributed by atoms with van der Waals surface area (Å²) in [6.07, 6.45) is 1.60. The number of hydrogen-bond acceptors (Lipinski definition) is 3. The molecule has 0 aliphatic carbocycles. The Morgan fingerprint density at radius 1 is 1.21 bits per heavy atom. The minimum atomic E-state index is 0.215. The second-order valence-electron chi connectivity index (χ2n) is 4.30. The lowest BCUT2D eigenvalue weighted by molar-refractivity contribution is 0.422. The molecule has 0 aliphatic rings. The highest BCUT2D eigenvalue weighted by molar-refractivity contribution is 7.15. The fourth-order valence-corrected chi connectivity index (χ4v) is 2.24. The number of hydrogen-bond donors (Lipinski definition) is 0. The summed E-state index contributed by atoms with van der Waals surface area (Å²) < 4.78 is 4.82. The van der Waals surface area contributed by atoms with Crippen LogP contribution in [-0.2, 0) is 5.41 Å². The lowest BCUT2D eigenvalue weighted by Crippen LogP contribution is -2.07. The van der Waals surface area contributed by atoms with E-state index in [1.165, 1.54) is 9.75 Å². The highest BCUT2D eigenvalue weighted by Gasteiger charge is 2.16. The SMILES string of the molecule is CC(C)(C)c1ccc(-c2ccon2)s1. The molecule has 0 radical (unpaired) electrons. The maximum absolute atomic E-state index is 4.82. The molecule has 0 aliphatic heterocycles. The Labute approximate surface area is 87.6 Å². The van der Waals surface area contributed by atoms with Crippen molar-refractivity contribution in [3.8, 4) is 10.6 Å². The summed E-state index contributed by atoms with van der Waals surface area (Å²) in [6, 6.07) is 6.15. The molecular weight excluding hydrogens is 194 g/mol. The number of nitrogens with zero attached hydrogens (tertiary/aromatic N) is 1. The van der Waals surface area contributed by atoms with Crippen LogP contribution in [0.2, 0.25) is 0 Å². The fraction of sp³-hybridized carbons (Fsp3) is 0.364. The molecule has 0 saturated carbocycles. The normalized spacial score (nSPS) is 11.9. The molecule has 2 heterocycles. The van der Waals surface area contributed by atoms with Gasteiger partial charge in [-0.1, -0.05) is 25.9 Å². The summed E-state index contributed by atoms with van der Waals surface area (Å²) in [5, 5.41) is 3.92. The van der Waals surface area contributed by atoms with Crippen molar-refractivity contribution >= 4 is 11.3 Å². The van der Waals surface area contributed by atoms with E-state index < -0.39 is 0 Å². The zero-order chi connectivity index (χ0) is 10.2. The van der Waals surface area contributed by atoms with Crippen LogP contribution < -0.4 is 0 Å². The number of rotatable bonds is 1. The van der Waals surface area contributed by atoms with Gasteiger partial charge in [-0.15, -0.1) is 11.3 Å². The average Bonchev–Trinajstić information content (AvgIpc) is 2.73. The van der Waals surface area contributed by atoms with Crippen molar-refractivity contribution in [3.05, 3.63) is 29.3 Å². The smallest absolute Gasteiger partial charge is 0.124 e. The molecule has 14 heavy (non-hydrogen) atoms. The van der Waals surface area contributed by atoms with Crippen LogP contribution in [-0.4, -0.2) is 5.16 Å². The minimum absolute atomic E-state index is 0.215. The zero-order valence-corrected chi connectivity index (χ0v) is 9.39. The molecule has 2 rings (SSSR count). The van der Waals surface area contributed by atoms with Gasteiger partial charge in [0.1, 0.15) is 12.0 Å². The highest BCUT2D eigenvalue weighted by Crippen LogP contribution is 2.34. The van der Waals surface area contributed by atoms with Crippen LogP contribution in [0.15, 0.2) is 29.0 Å². The van der Waals surface area contributed by atoms with Crippen molar-refractivity contribution in [1.82, 2.24) is 5.16 Å². The van der Waals surface area contributed by atoms with Gasteiger partial charge in [0, 0.05) is 10.9 Å². The Hall–Kier alpha value is -1.09. The molecule has 2 aromatic heterocycles. The van der Waals surface area contributed by atoms with Crippen molar-refractivity contribution in [2.24, 2.45) is 0 Å². The fourth-order valence-electron chi connectivity index (χ4n) is 1.22. The van der Waals surface area contributed by atoms with Crippen LogP contribution in [0, 0.1) is 0 Å². The first kappa shape index (κ1) is 9.46. The van der Waals surface area contributed by atoms with Gasteiger partial charge in [0.05, 0.1) is 4.88 Å². The average molecular weight is 207 g/mol. The Morgan fingerprint density at radius 2 is 2.00 bits per heavy atom. The quantitative estimate of drug-likeness (QED) is 0.712. The largest absolute Gasteiger partial charge is 0.364 e. The molecule has 2 nitrogen and oxygen atoms in total. The second-order valence-corrected chi connectivity index (χ2v) is 5.38. The van der Waals surface area contributed by atoms with E-state index >= 15 is 0 Å². The lowest BCUT2D eigenvalue weighted by Gasteiger charge is -2.15. The summed E-state index contributed by atoms with van der Waals surface area (Å²) in [7, 11) is 0. The van der Waals surface area contributed by atoms with E-state index in [1.807, 2.05) is 6.07 Å². The van der Waals surface area contributed by atoms with Gasteiger partial charge in [-0.3, -0.25) is 0 Å². The number of aromatic nitrogens is 1. The highest BCUT2D eigenvalue weighted by atomic mass is 32.1. The molecule has 0 saturated heterocycles. The molecule has 2 aromatic rings. The Kier molecular flexibility index (Phi) is 2.19. The van der Waals surface area contributed by atoms with Gasteiger partial charge in [0.15, 0.2) is 0 Å². The maximum Gasteiger partial charge on any atom is 0.124 e. The van der Waals surface area contributed by atoms with Crippen LogP contribution in [0.4, 0.5) is 0 Å². The van der Waals surface area contributed by atoms with Crippen molar-refractivity contribution in [2.75, 3.05) is 0 Å². The monoisotopic (exact) mass is 207 g/mol. The summed E-state index contributed by atoms with van der Waals surface area (Å²) in [6.45, 7) is 6.64. The molecule has 0 unspecified atom stereocenters. The van der Waals surface area contributed by atoms with Crippen molar-refractivity contribution < 1.29 is 4.52 Å². The van der Waals surface area contributed by atoms with Gasteiger partial charge in [-0.2, -0.15) is 0 Å². The van der Waals surface area contributed by atoms with Crippen molar-refractivity contribution in [3.63, 3.8) is 0 Å². The van der Waals surface area contributed by atoms with E-state index in [2.05, 4.69) is 38.1 Å². The van der Waals surface area contributed by atoms with Crippen LogP contribution in [0.25, 0.3) is 10.6 Å². The summed E-state index contributed by atoms with van der Waals surface area (Å²) >= 11 is 1.78. The van der Waals surface area contributed by atoms with Gasteiger partial charge in [-0.25, -0.2) is 0 Å². The molecule has 3 heteroatoms. The predicted octanol–water partition coefficient (Wildman–Crippen LogP) is 3.70. The van der Waals surface area contributed by atoms with Crippen LogP contribution in [0.5, 0.6) is 0 Å². The Morgan fingerprint density at radius 3 is 2.50 bits per heavy atom. The molecule has 0 bridgehead atoms. The number of thiophene rings is 1. The molecule has 0 aromatic carbocycles. The molecule has 0 fully saturated rings. The standard InChI is InChI=1S/C11H13NOS/c1-11(2,3)10-5-4-9(14-10)8-6-7-13-12-8/h4-7H,1-3H3. The van der Waals surface area contributed by atoms with E-state index in [1.54, 1.807) is 17.6 Å². The third-order valence-corrected chi connectivity index (χ3v) is 3.57. The third-order valence-electron chi connectivity index (χ3n) is 2.04. The maximum atomic E-state index is 4.82. The van der Waals surface area contributed by atoms with Gasteiger partial charge in [0.25, 0.3) is 0 Å². The predicted molar refractivity (Wildman–Crippen MR) is 58.5 cm³/mol. The lowest BCUT2D eigenvalue weighted by atomic mass is 9.95. The molecule has 74 valence electrons. The van der Waals surface area contributed by atoms with E-state index in [0.717, 1.165) is 5.69 Å². The topological polar surface area (TPSA) is 26.0 Å². The second kappa shape index (κ2) is 3.24. The van der Waals surface area contributed by atoms with Crippen LogP contribution in [0.1, 0.15) is 25.6 Å².